The number of hydrogen-bond donors (Lipinski definition) is 2. The number of hydrogen-bond acceptors (Lipinski definition) is 3. The van der Waals surface area contributed by atoms with E-state index in [1.165, 1.54) is 6.07 Å². The number of aliphatic hydroxyl groups excluding tert-OH is 1. The van der Waals surface area contributed by atoms with Gasteiger partial charge in [-0.2, -0.15) is 0 Å². The fraction of sp³-hybridized carbons (Fsp3) is 0.333. The van der Waals surface area contributed by atoms with Crippen molar-refractivity contribution in [2.24, 2.45) is 0 Å². The minimum Gasteiger partial charge on any atom is -0.491 e. The molecule has 2 N–H and O–H groups in total. The van der Waals surface area contributed by atoms with Crippen molar-refractivity contribution >= 4 is 0 Å². The maximum absolute atomic E-state index is 13.1. The van der Waals surface area contributed by atoms with Crippen molar-refractivity contribution in [2.75, 3.05) is 6.54 Å². The van der Waals surface area contributed by atoms with Crippen LogP contribution in [-0.2, 0) is 6.54 Å². The van der Waals surface area contributed by atoms with E-state index in [4.69, 9.17) is 4.74 Å². The van der Waals surface area contributed by atoms with Crippen LogP contribution in [0.3, 0.4) is 0 Å². The number of aliphatic hydroxyl groups is 1. The van der Waals surface area contributed by atoms with Gasteiger partial charge in [0.05, 0.1) is 12.2 Å². The Bertz CT molecular complexity index is 629. The van der Waals surface area contributed by atoms with Gasteiger partial charge in [-0.3, -0.25) is 0 Å². The highest BCUT2D eigenvalue weighted by Crippen LogP contribution is 2.18. The molecule has 2 aromatic carbocycles. The lowest BCUT2D eigenvalue weighted by Crippen LogP contribution is -2.21. The van der Waals surface area contributed by atoms with Crippen molar-refractivity contribution in [3.63, 3.8) is 0 Å². The van der Waals surface area contributed by atoms with E-state index in [2.05, 4.69) is 5.32 Å². The van der Waals surface area contributed by atoms with Gasteiger partial charge in [0.15, 0.2) is 11.6 Å². The largest absolute Gasteiger partial charge is 0.491 e. The van der Waals surface area contributed by atoms with Crippen LogP contribution in [0.1, 0.15) is 31.1 Å². The van der Waals surface area contributed by atoms with Gasteiger partial charge in [0, 0.05) is 13.1 Å². The Morgan fingerprint density at radius 2 is 1.74 bits per heavy atom. The molecule has 0 fully saturated rings. The van der Waals surface area contributed by atoms with Gasteiger partial charge in [-0.25, -0.2) is 8.78 Å². The molecule has 2 rings (SSSR count). The average Bonchev–Trinajstić information content (AvgIpc) is 2.51. The number of rotatable bonds is 7. The first-order valence-electron chi connectivity index (χ1n) is 7.55. The van der Waals surface area contributed by atoms with Crippen LogP contribution in [0.2, 0.25) is 0 Å². The number of nitrogens with one attached hydrogen (secondary N) is 1. The minimum atomic E-state index is -0.870. The summed E-state index contributed by atoms with van der Waals surface area (Å²) in [7, 11) is 0. The van der Waals surface area contributed by atoms with Gasteiger partial charge >= 0.3 is 0 Å². The summed E-state index contributed by atoms with van der Waals surface area (Å²) in [4.78, 5) is 0. The summed E-state index contributed by atoms with van der Waals surface area (Å²) in [6.45, 7) is 4.56. The van der Waals surface area contributed by atoms with E-state index >= 15 is 0 Å². The van der Waals surface area contributed by atoms with Crippen molar-refractivity contribution in [3.8, 4) is 5.75 Å². The van der Waals surface area contributed by atoms with E-state index < -0.39 is 17.7 Å². The summed E-state index contributed by atoms with van der Waals surface area (Å²) in [5.74, 6) is -0.978. The van der Waals surface area contributed by atoms with Gasteiger partial charge in [0.25, 0.3) is 0 Å². The lowest BCUT2D eigenvalue weighted by Gasteiger charge is -2.14. The molecular weight excluding hydrogens is 300 g/mol. The van der Waals surface area contributed by atoms with E-state index in [-0.39, 0.29) is 6.10 Å². The van der Waals surface area contributed by atoms with Crippen LogP contribution in [-0.4, -0.2) is 17.8 Å². The molecule has 0 bridgehead atoms. The van der Waals surface area contributed by atoms with Gasteiger partial charge < -0.3 is 15.2 Å². The molecule has 124 valence electrons. The molecule has 5 heteroatoms. The number of halogens is 2. The van der Waals surface area contributed by atoms with Crippen LogP contribution in [0, 0.1) is 11.6 Å². The van der Waals surface area contributed by atoms with Gasteiger partial charge in [-0.1, -0.05) is 18.2 Å². The first kappa shape index (κ1) is 17.4. The van der Waals surface area contributed by atoms with E-state index in [1.807, 2.05) is 38.1 Å². The van der Waals surface area contributed by atoms with Crippen molar-refractivity contribution in [1.82, 2.24) is 5.32 Å². The first-order chi connectivity index (χ1) is 11.0. The molecule has 0 saturated carbocycles. The highest BCUT2D eigenvalue weighted by molar-refractivity contribution is 5.29. The van der Waals surface area contributed by atoms with Crippen molar-refractivity contribution in [3.05, 3.63) is 65.2 Å². The van der Waals surface area contributed by atoms with E-state index in [0.717, 1.165) is 23.4 Å². The highest BCUT2D eigenvalue weighted by Gasteiger charge is 2.08. The fourth-order valence-electron chi connectivity index (χ4n) is 2.16. The molecule has 2 aromatic rings. The number of benzene rings is 2. The van der Waals surface area contributed by atoms with Crippen molar-refractivity contribution in [1.29, 1.82) is 0 Å². The molecule has 0 aromatic heterocycles. The third-order valence-electron chi connectivity index (χ3n) is 3.29. The molecule has 1 unspecified atom stereocenters. The normalized spacial score (nSPS) is 12.4. The van der Waals surface area contributed by atoms with Gasteiger partial charge in [0.2, 0.25) is 0 Å². The summed E-state index contributed by atoms with van der Waals surface area (Å²) in [6.07, 6.45) is -0.586. The molecule has 0 radical (unpaired) electrons. The molecule has 0 amide bonds. The molecule has 0 aliphatic carbocycles. The van der Waals surface area contributed by atoms with Crippen LogP contribution in [0.4, 0.5) is 8.78 Å². The van der Waals surface area contributed by atoms with Crippen LogP contribution >= 0.6 is 0 Å². The second kappa shape index (κ2) is 8.04. The third kappa shape index (κ3) is 5.30. The fourth-order valence-corrected chi connectivity index (χ4v) is 2.16. The Kier molecular flexibility index (Phi) is 6.07. The van der Waals surface area contributed by atoms with Crippen LogP contribution in [0.5, 0.6) is 5.75 Å². The van der Waals surface area contributed by atoms with Gasteiger partial charge in [-0.05, 0) is 49.2 Å². The Morgan fingerprint density at radius 3 is 2.35 bits per heavy atom. The second-order valence-electron chi connectivity index (χ2n) is 5.63. The number of ether oxygens (including phenoxy) is 1. The van der Waals surface area contributed by atoms with Crippen molar-refractivity contribution in [2.45, 2.75) is 32.6 Å². The molecule has 0 saturated heterocycles. The Hall–Kier alpha value is -1.98. The van der Waals surface area contributed by atoms with Crippen LogP contribution in [0.15, 0.2) is 42.5 Å². The molecular formula is C18H21F2NO2. The SMILES string of the molecule is CC(C)Oc1ccc(C(O)CNCc2ccc(F)c(F)c2)cc1. The van der Waals surface area contributed by atoms with Crippen LogP contribution in [0.25, 0.3) is 0 Å². The van der Waals surface area contributed by atoms with Crippen molar-refractivity contribution < 1.29 is 18.6 Å². The predicted octanol–water partition coefficient (Wildman–Crippen LogP) is 3.58. The summed E-state index contributed by atoms with van der Waals surface area (Å²) in [5, 5.41) is 13.2. The Balaban J connectivity index is 1.84. The maximum Gasteiger partial charge on any atom is 0.159 e. The van der Waals surface area contributed by atoms with Gasteiger partial charge in [-0.15, -0.1) is 0 Å². The zero-order valence-electron chi connectivity index (χ0n) is 13.2. The molecule has 1 atom stereocenters. The predicted molar refractivity (Wildman–Crippen MR) is 85.2 cm³/mol. The van der Waals surface area contributed by atoms with E-state index in [9.17, 15) is 13.9 Å². The quantitative estimate of drug-likeness (QED) is 0.819. The zero-order chi connectivity index (χ0) is 16.8. The standard InChI is InChI=1S/C18H21F2NO2/c1-12(2)23-15-6-4-14(5-7-15)18(22)11-21-10-13-3-8-16(19)17(20)9-13/h3-9,12,18,21-22H,10-11H2,1-2H3. The topological polar surface area (TPSA) is 41.5 Å². The maximum atomic E-state index is 13.1. The summed E-state index contributed by atoms with van der Waals surface area (Å²) >= 11 is 0. The molecule has 0 heterocycles. The average molecular weight is 321 g/mol. The molecule has 3 nitrogen and oxygen atoms in total. The van der Waals surface area contributed by atoms with E-state index in [0.29, 0.717) is 18.7 Å². The summed E-state index contributed by atoms with van der Waals surface area (Å²) < 4.78 is 31.5. The first-order valence-corrected chi connectivity index (χ1v) is 7.55. The highest BCUT2D eigenvalue weighted by atomic mass is 19.2. The molecule has 23 heavy (non-hydrogen) atoms. The Morgan fingerprint density at radius 1 is 1.04 bits per heavy atom. The third-order valence-corrected chi connectivity index (χ3v) is 3.29. The molecule has 0 aliphatic rings. The summed E-state index contributed by atoms with van der Waals surface area (Å²) in [5.41, 5.74) is 1.38. The van der Waals surface area contributed by atoms with Gasteiger partial charge in [0.1, 0.15) is 5.75 Å². The minimum absolute atomic E-state index is 0.101. The lowest BCUT2D eigenvalue weighted by molar-refractivity contribution is 0.174. The van der Waals surface area contributed by atoms with Crippen LogP contribution < -0.4 is 10.1 Å². The monoisotopic (exact) mass is 321 g/mol. The second-order valence-corrected chi connectivity index (χ2v) is 5.63. The Labute approximate surface area is 134 Å². The van der Waals surface area contributed by atoms with E-state index in [1.54, 1.807) is 0 Å². The molecule has 0 aliphatic heterocycles. The smallest absolute Gasteiger partial charge is 0.159 e. The summed E-state index contributed by atoms with van der Waals surface area (Å²) in [6, 6.07) is 11.0. The molecule has 0 spiro atoms. The lowest BCUT2D eigenvalue weighted by atomic mass is 10.1. The zero-order valence-corrected chi connectivity index (χ0v) is 13.2.